The van der Waals surface area contributed by atoms with Crippen LogP contribution < -0.4 is 15.4 Å². The van der Waals surface area contributed by atoms with Crippen molar-refractivity contribution < 1.29 is 38.2 Å². The van der Waals surface area contributed by atoms with Crippen LogP contribution in [0.2, 0.25) is 0 Å². The van der Waals surface area contributed by atoms with Crippen LogP contribution in [0.4, 0.5) is 0 Å². The summed E-state index contributed by atoms with van der Waals surface area (Å²) in [5.41, 5.74) is -0.381. The van der Waals surface area contributed by atoms with E-state index in [-0.39, 0.29) is 48.2 Å². The number of rotatable bonds is 12. The van der Waals surface area contributed by atoms with Crippen LogP contribution in [0.5, 0.6) is 5.75 Å². The van der Waals surface area contributed by atoms with Gasteiger partial charge in [-0.2, -0.15) is 0 Å². The predicted molar refractivity (Wildman–Crippen MR) is 135 cm³/mol. The third-order valence-corrected chi connectivity index (χ3v) is 6.09. The Morgan fingerprint density at radius 3 is 2.45 bits per heavy atom. The van der Waals surface area contributed by atoms with Gasteiger partial charge in [-0.05, 0) is 52.2 Å². The molecule has 5 amide bonds. The van der Waals surface area contributed by atoms with Crippen LogP contribution in [0.3, 0.4) is 0 Å². The van der Waals surface area contributed by atoms with Crippen molar-refractivity contribution in [1.29, 1.82) is 0 Å². The second kappa shape index (κ2) is 12.7. The van der Waals surface area contributed by atoms with E-state index < -0.39 is 35.3 Å². The van der Waals surface area contributed by atoms with Crippen molar-refractivity contribution in [1.82, 2.24) is 15.5 Å². The Kier molecular flexibility index (Phi) is 9.60. The molecule has 0 radical (unpaired) electrons. The van der Waals surface area contributed by atoms with E-state index in [4.69, 9.17) is 9.47 Å². The van der Waals surface area contributed by atoms with Crippen LogP contribution in [0.1, 0.15) is 92.9 Å². The Morgan fingerprint density at radius 1 is 1.03 bits per heavy atom. The maximum absolute atomic E-state index is 13.1. The zero-order valence-corrected chi connectivity index (χ0v) is 22.1. The number of hydrogen-bond donors (Lipinski definition) is 2. The molecule has 1 unspecified atom stereocenters. The number of ether oxygens (including phenoxy) is 2. The number of hydrogen-bond acceptors (Lipinski definition) is 8. The van der Waals surface area contributed by atoms with E-state index in [1.54, 1.807) is 0 Å². The van der Waals surface area contributed by atoms with Crippen molar-refractivity contribution in [3.8, 4) is 5.75 Å². The van der Waals surface area contributed by atoms with Crippen LogP contribution >= 0.6 is 0 Å². The minimum absolute atomic E-state index is 0.00128. The molecule has 1 aromatic carbocycles. The van der Waals surface area contributed by atoms with E-state index in [0.29, 0.717) is 13.0 Å². The van der Waals surface area contributed by atoms with E-state index in [2.05, 4.69) is 10.6 Å². The van der Waals surface area contributed by atoms with E-state index >= 15 is 0 Å². The molecule has 11 heteroatoms. The number of imide groups is 2. The number of amides is 5. The van der Waals surface area contributed by atoms with Gasteiger partial charge in [-0.1, -0.05) is 25.3 Å². The first-order chi connectivity index (χ1) is 18.0. The summed E-state index contributed by atoms with van der Waals surface area (Å²) in [6.07, 6.45) is 4.74. The summed E-state index contributed by atoms with van der Waals surface area (Å²) < 4.78 is 10.8. The van der Waals surface area contributed by atoms with E-state index in [9.17, 15) is 28.8 Å². The minimum atomic E-state index is -1.08. The monoisotopic (exact) mass is 529 g/mol. The Morgan fingerprint density at radius 2 is 1.74 bits per heavy atom. The molecule has 2 aliphatic rings. The molecule has 1 aromatic rings. The highest BCUT2D eigenvalue weighted by Crippen LogP contribution is 2.33. The summed E-state index contributed by atoms with van der Waals surface area (Å²) in [7, 11) is 0. The highest BCUT2D eigenvalue weighted by Gasteiger charge is 2.46. The van der Waals surface area contributed by atoms with Gasteiger partial charge in [0.05, 0.1) is 11.1 Å². The second-order valence-electron chi connectivity index (χ2n) is 10.4. The minimum Gasteiger partial charge on any atom is -0.483 e. The average molecular weight is 530 g/mol. The lowest BCUT2D eigenvalue weighted by atomic mass is 10.0. The summed E-state index contributed by atoms with van der Waals surface area (Å²) in [5.74, 6) is -2.95. The summed E-state index contributed by atoms with van der Waals surface area (Å²) in [4.78, 5) is 74.4. The fourth-order valence-electron chi connectivity index (χ4n) is 4.34. The number of esters is 1. The molecule has 11 nitrogen and oxygen atoms in total. The molecule has 0 aliphatic carbocycles. The highest BCUT2D eigenvalue weighted by atomic mass is 16.6. The third-order valence-electron chi connectivity index (χ3n) is 6.09. The molecule has 206 valence electrons. The molecular weight excluding hydrogens is 494 g/mol. The van der Waals surface area contributed by atoms with Gasteiger partial charge in [0, 0.05) is 19.4 Å². The van der Waals surface area contributed by atoms with Crippen LogP contribution in [0.25, 0.3) is 0 Å². The Hall–Kier alpha value is -3.76. The van der Waals surface area contributed by atoms with Crippen molar-refractivity contribution in [3.63, 3.8) is 0 Å². The van der Waals surface area contributed by atoms with Gasteiger partial charge in [0.2, 0.25) is 11.8 Å². The van der Waals surface area contributed by atoms with Gasteiger partial charge in [-0.15, -0.1) is 0 Å². The number of fused-ring (bicyclic) bond motifs is 1. The number of benzene rings is 1. The van der Waals surface area contributed by atoms with E-state index in [0.717, 1.165) is 37.0 Å². The van der Waals surface area contributed by atoms with Crippen molar-refractivity contribution in [2.24, 2.45) is 0 Å². The number of nitrogens with one attached hydrogen (secondary N) is 2. The number of carbonyl (C=O) groups excluding carboxylic acids is 6. The van der Waals surface area contributed by atoms with Gasteiger partial charge >= 0.3 is 5.97 Å². The van der Waals surface area contributed by atoms with E-state index in [1.807, 2.05) is 20.8 Å². The molecule has 1 saturated heterocycles. The van der Waals surface area contributed by atoms with Crippen LogP contribution in [0.15, 0.2) is 18.2 Å². The van der Waals surface area contributed by atoms with Crippen molar-refractivity contribution in [2.75, 3.05) is 13.2 Å². The molecule has 1 fully saturated rings. The van der Waals surface area contributed by atoms with Gasteiger partial charge in [0.25, 0.3) is 17.7 Å². The Bertz CT molecular complexity index is 1110. The number of nitrogens with zero attached hydrogens (tertiary/aromatic N) is 1. The zero-order chi connectivity index (χ0) is 27.9. The fourth-order valence-corrected chi connectivity index (χ4v) is 4.34. The first kappa shape index (κ1) is 28.8. The van der Waals surface area contributed by atoms with Crippen molar-refractivity contribution in [2.45, 2.75) is 83.8 Å². The smallest absolute Gasteiger partial charge is 0.306 e. The first-order valence-electron chi connectivity index (χ1n) is 12.9. The topological polar surface area (TPSA) is 148 Å². The number of carbonyl (C=O) groups is 6. The lowest BCUT2D eigenvalue weighted by Gasteiger charge is -2.27. The predicted octanol–water partition coefficient (Wildman–Crippen LogP) is 2.27. The summed E-state index contributed by atoms with van der Waals surface area (Å²) >= 11 is 0. The molecule has 0 bridgehead atoms. The van der Waals surface area contributed by atoms with E-state index in [1.165, 1.54) is 18.2 Å². The zero-order valence-electron chi connectivity index (χ0n) is 22.1. The second-order valence-corrected chi connectivity index (χ2v) is 10.4. The molecule has 0 aromatic heterocycles. The molecule has 2 aliphatic heterocycles. The molecule has 38 heavy (non-hydrogen) atoms. The third kappa shape index (κ3) is 7.62. The molecule has 3 rings (SSSR count). The van der Waals surface area contributed by atoms with Gasteiger partial charge < -0.3 is 14.8 Å². The van der Waals surface area contributed by atoms with Crippen LogP contribution in [0, 0.1) is 0 Å². The quantitative estimate of drug-likeness (QED) is 0.238. The Balaban J connectivity index is 1.39. The number of unbranched alkanes of at least 4 members (excludes halogenated alkanes) is 4. The SMILES string of the molecule is CC(C)(C)OC(=O)CCCCCCCNC(=O)COc1cccc2c1C(=O)N(C1CCC(=O)NC1=O)C2=O. The first-order valence-corrected chi connectivity index (χ1v) is 12.9. The summed E-state index contributed by atoms with van der Waals surface area (Å²) in [5, 5.41) is 4.91. The lowest BCUT2D eigenvalue weighted by molar-refractivity contribution is -0.155. The number of piperidine rings is 1. The van der Waals surface area contributed by atoms with Gasteiger partial charge in [0.1, 0.15) is 17.4 Å². The Labute approximate surface area is 221 Å². The van der Waals surface area contributed by atoms with Crippen molar-refractivity contribution >= 4 is 35.5 Å². The van der Waals surface area contributed by atoms with Gasteiger partial charge in [-0.3, -0.25) is 39.0 Å². The normalized spacial score (nSPS) is 17.2. The maximum atomic E-state index is 13.1. The molecule has 1 atom stereocenters. The summed E-state index contributed by atoms with van der Waals surface area (Å²) in [6, 6.07) is 3.41. The molecule has 2 heterocycles. The maximum Gasteiger partial charge on any atom is 0.306 e. The van der Waals surface area contributed by atoms with Gasteiger partial charge in [-0.25, -0.2) is 0 Å². The lowest BCUT2D eigenvalue weighted by Crippen LogP contribution is -2.54. The molecule has 0 spiro atoms. The van der Waals surface area contributed by atoms with Crippen molar-refractivity contribution in [3.05, 3.63) is 29.3 Å². The molecule has 2 N–H and O–H groups in total. The van der Waals surface area contributed by atoms with Crippen LogP contribution in [-0.4, -0.2) is 65.2 Å². The largest absolute Gasteiger partial charge is 0.483 e. The molecule has 0 saturated carbocycles. The molecular formula is C27H35N3O8. The van der Waals surface area contributed by atoms with Gasteiger partial charge in [0.15, 0.2) is 6.61 Å². The van der Waals surface area contributed by atoms with Crippen LogP contribution in [-0.2, 0) is 23.9 Å². The summed E-state index contributed by atoms with van der Waals surface area (Å²) in [6.45, 7) is 5.65. The fraction of sp³-hybridized carbons (Fsp3) is 0.556. The standard InChI is InChI=1S/C27H35N3O8/c1-27(2,3)38-22(33)12-7-5-4-6-8-15-28-21(32)16-37-19-11-9-10-17-23(19)26(36)30(25(17)35)18-13-14-20(31)29-24(18)34/h9-11,18H,4-8,12-16H2,1-3H3,(H,28,32)(H,29,31,34). The highest BCUT2D eigenvalue weighted by molar-refractivity contribution is 6.24. The average Bonchev–Trinajstić information content (AvgIpc) is 3.09.